The number of hydrogen-bond acceptors (Lipinski definition) is 2. The van der Waals surface area contributed by atoms with Gasteiger partial charge < -0.3 is 10.0 Å². The van der Waals surface area contributed by atoms with Crippen molar-refractivity contribution >= 4 is 15.9 Å². The van der Waals surface area contributed by atoms with Crippen LogP contribution in [0.2, 0.25) is 0 Å². The Hall–Kier alpha value is 0.400. The summed E-state index contributed by atoms with van der Waals surface area (Å²) in [5.41, 5.74) is 0.530. The molecule has 0 spiro atoms. The van der Waals surface area contributed by atoms with Crippen molar-refractivity contribution in [2.45, 2.75) is 51.0 Å². The van der Waals surface area contributed by atoms with Gasteiger partial charge in [-0.05, 0) is 37.0 Å². The minimum atomic E-state index is -0.00808. The standard InChI is InChI=1S/C15H26BrNO/c16-10-15(6-2-1-3-7-15)11-17-8-12-4-5-14(18)13(12)9-17/h12-14,18H,1-11H2. The smallest absolute Gasteiger partial charge is 0.0583 e. The summed E-state index contributed by atoms with van der Waals surface area (Å²) in [6.45, 7) is 3.66. The monoisotopic (exact) mass is 315 g/mol. The third-order valence-corrected chi connectivity index (χ3v) is 6.84. The molecule has 3 atom stereocenters. The second-order valence-electron chi connectivity index (χ2n) is 6.96. The van der Waals surface area contributed by atoms with Crippen LogP contribution in [0.3, 0.4) is 0 Å². The van der Waals surface area contributed by atoms with Gasteiger partial charge in [0.2, 0.25) is 0 Å². The summed E-state index contributed by atoms with van der Waals surface area (Å²) >= 11 is 3.77. The van der Waals surface area contributed by atoms with Crippen molar-refractivity contribution in [2.75, 3.05) is 25.0 Å². The van der Waals surface area contributed by atoms with Gasteiger partial charge >= 0.3 is 0 Å². The Labute approximate surface area is 119 Å². The molecule has 0 aromatic rings. The molecule has 2 saturated carbocycles. The van der Waals surface area contributed by atoms with E-state index in [2.05, 4.69) is 20.8 Å². The molecule has 1 N–H and O–H groups in total. The molecule has 104 valence electrons. The largest absolute Gasteiger partial charge is 0.393 e. The van der Waals surface area contributed by atoms with E-state index in [1.807, 2.05) is 0 Å². The third-order valence-electron chi connectivity index (χ3n) is 5.65. The second-order valence-corrected chi connectivity index (χ2v) is 7.52. The number of aliphatic hydroxyl groups excluding tert-OH is 1. The number of rotatable bonds is 3. The highest BCUT2D eigenvalue weighted by atomic mass is 79.9. The average Bonchev–Trinajstić information content (AvgIpc) is 2.93. The van der Waals surface area contributed by atoms with Crippen molar-refractivity contribution in [3.05, 3.63) is 0 Å². The molecule has 3 heteroatoms. The van der Waals surface area contributed by atoms with Crippen molar-refractivity contribution in [3.8, 4) is 0 Å². The van der Waals surface area contributed by atoms with Crippen LogP contribution < -0.4 is 0 Å². The molecule has 1 heterocycles. The van der Waals surface area contributed by atoms with E-state index in [9.17, 15) is 5.11 Å². The number of alkyl halides is 1. The SMILES string of the molecule is OC1CCC2CN(CC3(CBr)CCCCC3)CC12. The molecular formula is C15H26BrNO. The molecule has 0 bridgehead atoms. The molecule has 1 aliphatic heterocycles. The van der Waals surface area contributed by atoms with Gasteiger partial charge in [0.1, 0.15) is 0 Å². The molecule has 18 heavy (non-hydrogen) atoms. The van der Waals surface area contributed by atoms with Crippen LogP contribution in [-0.4, -0.2) is 41.1 Å². The number of nitrogens with zero attached hydrogens (tertiary/aromatic N) is 1. The molecule has 0 amide bonds. The van der Waals surface area contributed by atoms with E-state index in [4.69, 9.17) is 0 Å². The van der Waals surface area contributed by atoms with Crippen LogP contribution in [0.5, 0.6) is 0 Å². The molecule has 1 saturated heterocycles. The fourth-order valence-corrected chi connectivity index (χ4v) is 5.31. The van der Waals surface area contributed by atoms with E-state index < -0.39 is 0 Å². The minimum Gasteiger partial charge on any atom is -0.393 e. The number of fused-ring (bicyclic) bond motifs is 1. The first-order valence-corrected chi connectivity index (χ1v) is 8.81. The Bertz CT molecular complexity index is 290. The van der Waals surface area contributed by atoms with Crippen LogP contribution in [0.1, 0.15) is 44.9 Å². The maximum Gasteiger partial charge on any atom is 0.0583 e. The maximum absolute atomic E-state index is 10.0. The summed E-state index contributed by atoms with van der Waals surface area (Å²) in [7, 11) is 0. The molecular weight excluding hydrogens is 290 g/mol. The normalized spacial score (nSPS) is 40.0. The van der Waals surface area contributed by atoms with Gasteiger partial charge in [-0.25, -0.2) is 0 Å². The predicted octanol–water partition coefficient (Wildman–Crippen LogP) is 3.03. The molecule has 2 aliphatic carbocycles. The molecule has 3 unspecified atom stereocenters. The Morgan fingerprint density at radius 1 is 1.11 bits per heavy atom. The molecule has 3 rings (SSSR count). The summed E-state index contributed by atoms with van der Waals surface area (Å²) < 4.78 is 0. The summed E-state index contributed by atoms with van der Waals surface area (Å²) in [6.07, 6.45) is 9.34. The molecule has 2 nitrogen and oxygen atoms in total. The third kappa shape index (κ3) is 2.51. The number of aliphatic hydroxyl groups is 1. The molecule has 3 fully saturated rings. The zero-order valence-corrected chi connectivity index (χ0v) is 12.9. The quantitative estimate of drug-likeness (QED) is 0.809. The first kappa shape index (κ1) is 13.4. The van der Waals surface area contributed by atoms with Crippen molar-refractivity contribution in [1.82, 2.24) is 4.90 Å². The van der Waals surface area contributed by atoms with Crippen molar-refractivity contribution < 1.29 is 5.11 Å². The van der Waals surface area contributed by atoms with Gasteiger partial charge in [0.05, 0.1) is 6.10 Å². The molecule has 0 aromatic carbocycles. The van der Waals surface area contributed by atoms with Gasteiger partial charge in [-0.3, -0.25) is 0 Å². The number of hydrogen-bond donors (Lipinski definition) is 1. The van der Waals surface area contributed by atoms with Gasteiger partial charge in [-0.15, -0.1) is 0 Å². The summed E-state index contributed by atoms with van der Waals surface area (Å²) in [4.78, 5) is 2.66. The average molecular weight is 316 g/mol. The number of halogens is 1. The van der Waals surface area contributed by atoms with Crippen molar-refractivity contribution in [3.63, 3.8) is 0 Å². The highest BCUT2D eigenvalue weighted by Gasteiger charge is 2.44. The van der Waals surface area contributed by atoms with Crippen LogP contribution in [0.25, 0.3) is 0 Å². The van der Waals surface area contributed by atoms with Crippen LogP contribution >= 0.6 is 15.9 Å². The Morgan fingerprint density at radius 3 is 2.56 bits per heavy atom. The Morgan fingerprint density at radius 2 is 1.89 bits per heavy atom. The van der Waals surface area contributed by atoms with E-state index in [-0.39, 0.29) is 6.10 Å². The second kappa shape index (κ2) is 5.41. The van der Waals surface area contributed by atoms with Crippen LogP contribution in [0.4, 0.5) is 0 Å². The molecule has 0 aromatic heterocycles. The zero-order valence-electron chi connectivity index (χ0n) is 11.3. The lowest BCUT2D eigenvalue weighted by Gasteiger charge is -2.39. The lowest BCUT2D eigenvalue weighted by molar-refractivity contribution is 0.106. The number of likely N-dealkylation sites (tertiary alicyclic amines) is 1. The predicted molar refractivity (Wildman–Crippen MR) is 78.0 cm³/mol. The van der Waals surface area contributed by atoms with Crippen molar-refractivity contribution in [2.24, 2.45) is 17.3 Å². The van der Waals surface area contributed by atoms with Crippen LogP contribution in [0, 0.1) is 17.3 Å². The first-order chi connectivity index (χ1) is 8.72. The van der Waals surface area contributed by atoms with Crippen LogP contribution in [-0.2, 0) is 0 Å². The van der Waals surface area contributed by atoms with Gasteiger partial charge in [0.25, 0.3) is 0 Å². The minimum absolute atomic E-state index is 0.00808. The first-order valence-electron chi connectivity index (χ1n) is 7.69. The molecule has 3 aliphatic rings. The zero-order chi connectivity index (χ0) is 12.6. The Balaban J connectivity index is 1.60. The van der Waals surface area contributed by atoms with E-state index in [0.717, 1.165) is 24.2 Å². The summed E-state index contributed by atoms with van der Waals surface area (Å²) in [5.74, 6) is 1.37. The van der Waals surface area contributed by atoms with E-state index >= 15 is 0 Å². The highest BCUT2D eigenvalue weighted by molar-refractivity contribution is 9.09. The lowest BCUT2D eigenvalue weighted by atomic mass is 9.75. The van der Waals surface area contributed by atoms with Gasteiger partial charge in [-0.1, -0.05) is 35.2 Å². The maximum atomic E-state index is 10.0. The fraction of sp³-hybridized carbons (Fsp3) is 1.00. The van der Waals surface area contributed by atoms with Crippen LogP contribution in [0.15, 0.2) is 0 Å². The van der Waals surface area contributed by atoms with E-state index in [0.29, 0.717) is 11.3 Å². The van der Waals surface area contributed by atoms with E-state index in [1.54, 1.807) is 0 Å². The van der Waals surface area contributed by atoms with Crippen molar-refractivity contribution in [1.29, 1.82) is 0 Å². The highest BCUT2D eigenvalue weighted by Crippen LogP contribution is 2.43. The van der Waals surface area contributed by atoms with E-state index in [1.165, 1.54) is 51.6 Å². The summed E-state index contributed by atoms with van der Waals surface area (Å²) in [6, 6.07) is 0. The van der Waals surface area contributed by atoms with Gasteiger partial charge in [0, 0.05) is 30.9 Å². The van der Waals surface area contributed by atoms with Gasteiger partial charge in [0.15, 0.2) is 0 Å². The molecule has 0 radical (unpaired) electrons. The Kier molecular flexibility index (Phi) is 4.03. The fourth-order valence-electron chi connectivity index (χ4n) is 4.57. The van der Waals surface area contributed by atoms with Gasteiger partial charge in [-0.2, -0.15) is 0 Å². The lowest BCUT2D eigenvalue weighted by Crippen LogP contribution is -2.40. The topological polar surface area (TPSA) is 23.5 Å². The summed E-state index contributed by atoms with van der Waals surface area (Å²) in [5, 5.41) is 11.2.